The Balaban J connectivity index is 1.62. The number of rotatable bonds is 5. The van der Waals surface area contributed by atoms with Gasteiger partial charge in [0.15, 0.2) is 0 Å². The predicted octanol–water partition coefficient (Wildman–Crippen LogP) is 4.53. The number of amides is 2. The van der Waals surface area contributed by atoms with Crippen LogP contribution in [0.5, 0.6) is 0 Å². The minimum absolute atomic E-state index is 0.0415. The third-order valence-corrected chi connectivity index (χ3v) is 5.14. The van der Waals surface area contributed by atoms with Crippen LogP contribution in [0.3, 0.4) is 0 Å². The number of nitrogens with one attached hydrogen (secondary N) is 1. The van der Waals surface area contributed by atoms with Crippen LogP contribution in [0.1, 0.15) is 17.7 Å². The summed E-state index contributed by atoms with van der Waals surface area (Å²) in [5, 5.41) is 2.24. The number of nitrogens with zero attached hydrogens (tertiary/aromatic N) is 1. The molecule has 0 radical (unpaired) electrons. The number of furan rings is 1. The van der Waals surface area contributed by atoms with E-state index in [0.717, 1.165) is 17.8 Å². The van der Waals surface area contributed by atoms with E-state index in [9.17, 15) is 22.8 Å². The lowest BCUT2D eigenvalue weighted by Gasteiger charge is -2.16. The number of alkyl halides is 3. The van der Waals surface area contributed by atoms with Crippen LogP contribution in [0.15, 0.2) is 52.0 Å². The van der Waals surface area contributed by atoms with Crippen molar-refractivity contribution in [1.29, 1.82) is 0 Å². The van der Waals surface area contributed by atoms with E-state index >= 15 is 0 Å². The van der Waals surface area contributed by atoms with Crippen molar-refractivity contribution in [2.24, 2.45) is 0 Å². The van der Waals surface area contributed by atoms with Crippen LogP contribution in [-0.4, -0.2) is 27.6 Å². The number of carbonyl (C=O) groups is 2. The highest BCUT2D eigenvalue weighted by atomic mass is 32.2. The lowest BCUT2D eigenvalue weighted by molar-refractivity contribution is -0.137. The molecule has 1 aromatic heterocycles. The summed E-state index contributed by atoms with van der Waals surface area (Å²) < 4.78 is 44.4. The Morgan fingerprint density at radius 3 is 2.68 bits per heavy atom. The van der Waals surface area contributed by atoms with Crippen molar-refractivity contribution in [3.8, 4) is 0 Å². The topological polar surface area (TPSA) is 62.6 Å². The maximum absolute atomic E-state index is 13.0. The van der Waals surface area contributed by atoms with Gasteiger partial charge in [-0.05, 0) is 24.3 Å². The summed E-state index contributed by atoms with van der Waals surface area (Å²) in [4.78, 5) is 26.1. The molecule has 0 unspecified atom stereocenters. The van der Waals surface area contributed by atoms with E-state index in [-0.39, 0.29) is 28.9 Å². The van der Waals surface area contributed by atoms with Crippen LogP contribution in [0.2, 0.25) is 0 Å². The van der Waals surface area contributed by atoms with Crippen molar-refractivity contribution < 1.29 is 27.2 Å². The maximum atomic E-state index is 13.0. The summed E-state index contributed by atoms with van der Waals surface area (Å²) in [5.74, 6) is -0.544. The second-order valence-electron chi connectivity index (χ2n) is 5.69. The lowest BCUT2D eigenvalue weighted by Crippen LogP contribution is -2.31. The van der Waals surface area contributed by atoms with Gasteiger partial charge < -0.3 is 9.73 Å². The quantitative estimate of drug-likeness (QED) is 0.562. The van der Waals surface area contributed by atoms with Crippen LogP contribution in [-0.2, 0) is 15.8 Å². The first-order valence-corrected chi connectivity index (χ1v) is 9.23. The highest BCUT2D eigenvalue weighted by molar-refractivity contribution is 8.26. The van der Waals surface area contributed by atoms with Gasteiger partial charge in [-0.3, -0.25) is 14.5 Å². The van der Waals surface area contributed by atoms with Gasteiger partial charge in [-0.2, -0.15) is 13.2 Å². The van der Waals surface area contributed by atoms with Gasteiger partial charge in [0, 0.05) is 19.0 Å². The fourth-order valence-electron chi connectivity index (χ4n) is 2.46. The molecule has 5 nitrogen and oxygen atoms in total. The summed E-state index contributed by atoms with van der Waals surface area (Å²) in [6, 6.07) is 8.05. The third kappa shape index (κ3) is 4.63. The van der Waals surface area contributed by atoms with Crippen LogP contribution < -0.4 is 5.32 Å². The zero-order valence-electron chi connectivity index (χ0n) is 14.2. The van der Waals surface area contributed by atoms with Gasteiger partial charge in [-0.15, -0.1) is 0 Å². The van der Waals surface area contributed by atoms with E-state index in [1.54, 1.807) is 18.2 Å². The monoisotopic (exact) mass is 426 g/mol. The SMILES string of the molecule is O=C(CCN1C(=O)/C(=C/c2ccco2)SC1=S)Nc1ccccc1C(F)(F)F. The molecule has 0 aliphatic carbocycles. The Morgan fingerprint density at radius 1 is 1.25 bits per heavy atom. The molecule has 0 bridgehead atoms. The molecule has 3 rings (SSSR count). The largest absolute Gasteiger partial charge is 0.465 e. The number of carbonyl (C=O) groups excluding carboxylic acids is 2. The fourth-order valence-corrected chi connectivity index (χ4v) is 3.75. The standard InChI is InChI=1S/C18H13F3N2O3S2/c19-18(20,21)12-5-1-2-6-13(12)22-15(24)7-8-23-16(25)14(28-17(23)27)10-11-4-3-9-26-11/h1-6,9-10H,7-8H2,(H,22,24)/b14-10-. The van der Waals surface area contributed by atoms with Gasteiger partial charge in [0.25, 0.3) is 5.91 Å². The molecule has 0 spiro atoms. The Morgan fingerprint density at radius 2 is 2.00 bits per heavy atom. The molecule has 0 saturated carbocycles. The van der Waals surface area contributed by atoms with Crippen molar-refractivity contribution in [3.63, 3.8) is 0 Å². The minimum Gasteiger partial charge on any atom is -0.465 e. The molecule has 1 aromatic carbocycles. The summed E-state index contributed by atoms with van der Waals surface area (Å²) in [6.07, 6.45) is -1.78. The number of thiocarbonyl (C=S) groups is 1. The zero-order chi connectivity index (χ0) is 20.3. The second-order valence-corrected chi connectivity index (χ2v) is 7.37. The number of hydrogen-bond acceptors (Lipinski definition) is 5. The van der Waals surface area contributed by atoms with E-state index in [1.165, 1.54) is 29.4 Å². The van der Waals surface area contributed by atoms with Crippen LogP contribution in [0, 0.1) is 0 Å². The normalized spacial score (nSPS) is 16.1. The Kier molecular flexibility index (Phi) is 5.90. The lowest BCUT2D eigenvalue weighted by atomic mass is 10.1. The number of anilines is 1. The summed E-state index contributed by atoms with van der Waals surface area (Å²) >= 11 is 6.23. The molecule has 2 aromatic rings. The Labute approximate surface area is 167 Å². The first-order valence-electron chi connectivity index (χ1n) is 8.00. The van der Waals surface area contributed by atoms with Crippen LogP contribution >= 0.6 is 24.0 Å². The van der Waals surface area contributed by atoms with Crippen molar-refractivity contribution in [1.82, 2.24) is 4.90 Å². The summed E-state index contributed by atoms with van der Waals surface area (Å²) in [5.41, 5.74) is -1.27. The molecule has 2 heterocycles. The molecule has 1 N–H and O–H groups in total. The molecule has 1 fully saturated rings. The predicted molar refractivity (Wildman–Crippen MR) is 103 cm³/mol. The average Bonchev–Trinajstić information content (AvgIpc) is 3.22. The van der Waals surface area contributed by atoms with Gasteiger partial charge in [0.1, 0.15) is 10.1 Å². The van der Waals surface area contributed by atoms with Gasteiger partial charge in [0.05, 0.1) is 22.4 Å². The highest BCUT2D eigenvalue weighted by Crippen LogP contribution is 2.35. The van der Waals surface area contributed by atoms with Gasteiger partial charge in [0.2, 0.25) is 5.91 Å². The summed E-state index contributed by atoms with van der Waals surface area (Å²) in [7, 11) is 0. The van der Waals surface area contributed by atoms with Crippen molar-refractivity contribution in [2.45, 2.75) is 12.6 Å². The van der Waals surface area contributed by atoms with Crippen molar-refractivity contribution >= 4 is 51.9 Å². The number of halogens is 3. The smallest absolute Gasteiger partial charge is 0.418 e. The third-order valence-electron chi connectivity index (χ3n) is 3.76. The van der Waals surface area contributed by atoms with E-state index in [0.29, 0.717) is 10.7 Å². The molecule has 2 amide bonds. The van der Waals surface area contributed by atoms with Crippen LogP contribution in [0.25, 0.3) is 6.08 Å². The maximum Gasteiger partial charge on any atom is 0.418 e. The van der Waals surface area contributed by atoms with Gasteiger partial charge in [-0.25, -0.2) is 0 Å². The minimum atomic E-state index is -4.58. The molecule has 28 heavy (non-hydrogen) atoms. The molecule has 1 aliphatic heterocycles. The fraction of sp³-hybridized carbons (Fsp3) is 0.167. The Bertz CT molecular complexity index is 940. The first-order chi connectivity index (χ1) is 13.3. The van der Waals surface area contributed by atoms with Crippen molar-refractivity contribution in [3.05, 3.63) is 58.9 Å². The van der Waals surface area contributed by atoms with Gasteiger partial charge >= 0.3 is 6.18 Å². The van der Waals surface area contributed by atoms with Gasteiger partial charge in [-0.1, -0.05) is 36.1 Å². The molecule has 0 atom stereocenters. The van der Waals surface area contributed by atoms with E-state index in [4.69, 9.17) is 16.6 Å². The first kappa shape index (κ1) is 20.2. The zero-order valence-corrected chi connectivity index (χ0v) is 15.8. The number of thioether (sulfide) groups is 1. The van der Waals surface area contributed by atoms with Crippen molar-refractivity contribution in [2.75, 3.05) is 11.9 Å². The molecule has 1 saturated heterocycles. The molecule has 146 valence electrons. The van der Waals surface area contributed by atoms with Crippen LogP contribution in [0.4, 0.5) is 18.9 Å². The molecular weight excluding hydrogens is 413 g/mol. The number of hydrogen-bond donors (Lipinski definition) is 1. The summed E-state index contributed by atoms with van der Waals surface area (Å²) in [6.45, 7) is -0.0415. The number of benzene rings is 1. The molecular formula is C18H13F3N2O3S2. The molecule has 10 heteroatoms. The average molecular weight is 426 g/mol. The Hall–Kier alpha value is -2.59. The highest BCUT2D eigenvalue weighted by Gasteiger charge is 2.34. The number of para-hydroxylation sites is 1. The van der Waals surface area contributed by atoms with E-state index in [2.05, 4.69) is 5.32 Å². The second kappa shape index (κ2) is 8.19. The van der Waals surface area contributed by atoms with E-state index < -0.39 is 17.6 Å². The van der Waals surface area contributed by atoms with E-state index in [1.807, 2.05) is 0 Å². The molecule has 1 aliphatic rings.